The number of amides is 1. The van der Waals surface area contributed by atoms with Crippen LogP contribution in [-0.2, 0) is 20.2 Å². The van der Waals surface area contributed by atoms with Crippen molar-refractivity contribution >= 4 is 45.0 Å². The van der Waals surface area contributed by atoms with Crippen molar-refractivity contribution in [2.45, 2.75) is 43.9 Å². The van der Waals surface area contributed by atoms with Crippen molar-refractivity contribution in [2.75, 3.05) is 18.4 Å². The van der Waals surface area contributed by atoms with Gasteiger partial charge in [-0.2, -0.15) is 4.31 Å². The van der Waals surface area contributed by atoms with E-state index in [1.54, 1.807) is 12.1 Å². The molecule has 1 N–H and O–H groups in total. The van der Waals surface area contributed by atoms with Crippen molar-refractivity contribution in [3.05, 3.63) is 40.1 Å². The second kappa shape index (κ2) is 8.26. The third-order valence-electron chi connectivity index (χ3n) is 4.84. The third-order valence-corrected chi connectivity index (χ3v) is 7.70. The molecule has 1 saturated heterocycles. The van der Waals surface area contributed by atoms with Gasteiger partial charge in [0.15, 0.2) is 5.82 Å². The molecule has 0 unspecified atom stereocenters. The number of hydrogen-bond donors (Lipinski definition) is 1. The zero-order valence-electron chi connectivity index (χ0n) is 16.4. The number of halogens is 2. The minimum Gasteiger partial charge on any atom is -0.359 e. The first-order valence-corrected chi connectivity index (χ1v) is 11.4. The van der Waals surface area contributed by atoms with Crippen LogP contribution in [0.3, 0.4) is 0 Å². The minimum atomic E-state index is -3.83. The Labute approximate surface area is 180 Å². The molecule has 1 amide bonds. The molecule has 3 rings (SSSR count). The highest BCUT2D eigenvalue weighted by Gasteiger charge is 2.34. The predicted octanol–water partition coefficient (Wildman–Crippen LogP) is 4.32. The van der Waals surface area contributed by atoms with Crippen LogP contribution >= 0.6 is 23.2 Å². The van der Waals surface area contributed by atoms with Crippen molar-refractivity contribution in [2.24, 2.45) is 5.92 Å². The van der Waals surface area contributed by atoms with E-state index >= 15 is 0 Å². The molecular weight excluding hydrogens is 437 g/mol. The summed E-state index contributed by atoms with van der Waals surface area (Å²) in [5.41, 5.74) is -0.213. The summed E-state index contributed by atoms with van der Waals surface area (Å²) < 4.78 is 32.4. The first-order chi connectivity index (χ1) is 13.5. The fraction of sp³-hybridized carbons (Fsp3) is 0.474. The largest absolute Gasteiger partial charge is 0.359 e. The van der Waals surface area contributed by atoms with E-state index in [0.717, 1.165) is 0 Å². The van der Waals surface area contributed by atoms with Gasteiger partial charge in [-0.15, -0.1) is 0 Å². The Hall–Kier alpha value is -1.61. The molecule has 2 aromatic rings. The number of piperidine rings is 1. The number of sulfonamides is 1. The van der Waals surface area contributed by atoms with E-state index in [4.69, 9.17) is 27.7 Å². The maximum absolute atomic E-state index is 12.9. The van der Waals surface area contributed by atoms with Gasteiger partial charge in [-0.05, 0) is 25.0 Å². The van der Waals surface area contributed by atoms with Gasteiger partial charge in [0.25, 0.3) is 0 Å². The number of nitrogens with one attached hydrogen (secondary N) is 1. The quantitative estimate of drug-likeness (QED) is 0.734. The highest BCUT2D eigenvalue weighted by atomic mass is 35.5. The second-order valence-corrected chi connectivity index (χ2v) is 10.7. The Morgan fingerprint density at radius 2 is 1.79 bits per heavy atom. The molecule has 1 fully saturated rings. The van der Waals surface area contributed by atoms with Gasteiger partial charge in [0.2, 0.25) is 15.9 Å². The Morgan fingerprint density at radius 1 is 1.21 bits per heavy atom. The Morgan fingerprint density at radius 3 is 2.31 bits per heavy atom. The maximum atomic E-state index is 12.9. The summed E-state index contributed by atoms with van der Waals surface area (Å²) in [6.07, 6.45) is 0.772. The number of hydrogen-bond acceptors (Lipinski definition) is 5. The molecule has 158 valence electrons. The fourth-order valence-electron chi connectivity index (χ4n) is 3.13. The van der Waals surface area contributed by atoms with Crippen molar-refractivity contribution in [1.29, 1.82) is 0 Å². The van der Waals surface area contributed by atoms with Crippen molar-refractivity contribution in [1.82, 2.24) is 9.46 Å². The lowest BCUT2D eigenvalue weighted by atomic mass is 9.93. The Kier molecular flexibility index (Phi) is 6.29. The van der Waals surface area contributed by atoms with Gasteiger partial charge < -0.3 is 9.84 Å². The van der Waals surface area contributed by atoms with E-state index in [2.05, 4.69) is 10.5 Å². The van der Waals surface area contributed by atoms with Crippen molar-refractivity contribution in [3.63, 3.8) is 0 Å². The van der Waals surface area contributed by atoms with Gasteiger partial charge in [0.1, 0.15) is 10.7 Å². The summed E-state index contributed by atoms with van der Waals surface area (Å²) in [6.45, 7) is 6.36. The number of anilines is 1. The molecule has 0 bridgehead atoms. The minimum absolute atomic E-state index is 0.0815. The number of rotatable bonds is 4. The molecule has 0 aliphatic carbocycles. The first-order valence-electron chi connectivity index (χ1n) is 9.22. The van der Waals surface area contributed by atoms with Crippen LogP contribution in [0.15, 0.2) is 33.7 Å². The highest BCUT2D eigenvalue weighted by molar-refractivity contribution is 7.89. The van der Waals surface area contributed by atoms with Crippen LogP contribution in [0.1, 0.15) is 39.4 Å². The zero-order valence-corrected chi connectivity index (χ0v) is 18.7. The van der Waals surface area contributed by atoms with E-state index in [9.17, 15) is 13.2 Å². The molecule has 0 radical (unpaired) electrons. The van der Waals surface area contributed by atoms with Crippen LogP contribution in [0.4, 0.5) is 5.82 Å². The summed E-state index contributed by atoms with van der Waals surface area (Å²) in [6, 6.07) is 6.28. The Bertz CT molecular complexity index is 986. The van der Waals surface area contributed by atoms with Gasteiger partial charge in [-0.3, -0.25) is 4.79 Å². The standard InChI is InChI=1S/C19H23Cl2N3O4S/c1-19(2,3)15-11-16(23-28-15)22-18(25)12-7-9-24(10-8-12)29(26,27)17-13(20)5-4-6-14(17)21/h4-6,11-12H,7-10H2,1-3H3,(H,22,23,25). The molecule has 0 atom stereocenters. The summed E-state index contributed by atoms with van der Waals surface area (Å²) >= 11 is 12.1. The SMILES string of the molecule is CC(C)(C)c1cc(NC(=O)C2CCN(S(=O)(=O)c3c(Cl)cccc3Cl)CC2)no1. The number of nitrogens with zero attached hydrogens (tertiary/aromatic N) is 2. The van der Waals surface area contributed by atoms with Gasteiger partial charge in [0.05, 0.1) is 10.0 Å². The van der Waals surface area contributed by atoms with Crippen LogP contribution in [0.2, 0.25) is 10.0 Å². The van der Waals surface area contributed by atoms with Gasteiger partial charge >= 0.3 is 0 Å². The van der Waals surface area contributed by atoms with E-state index in [-0.39, 0.29) is 45.3 Å². The van der Waals surface area contributed by atoms with E-state index in [1.807, 2.05) is 20.8 Å². The first kappa shape index (κ1) is 22.1. The van der Waals surface area contributed by atoms with E-state index in [0.29, 0.717) is 24.4 Å². The average molecular weight is 460 g/mol. The van der Waals surface area contributed by atoms with Crippen molar-refractivity contribution < 1.29 is 17.7 Å². The summed E-state index contributed by atoms with van der Waals surface area (Å²) in [5.74, 6) is 0.507. The van der Waals surface area contributed by atoms with Crippen LogP contribution in [0.25, 0.3) is 0 Å². The lowest BCUT2D eigenvalue weighted by Crippen LogP contribution is -2.41. The zero-order chi connectivity index (χ0) is 21.4. The van der Waals surface area contributed by atoms with Gasteiger partial charge in [-0.25, -0.2) is 8.42 Å². The number of carbonyl (C=O) groups is 1. The number of aromatic nitrogens is 1. The molecule has 10 heteroatoms. The molecule has 1 aliphatic rings. The molecule has 2 heterocycles. The van der Waals surface area contributed by atoms with Crippen LogP contribution < -0.4 is 5.32 Å². The molecule has 1 aliphatic heterocycles. The topological polar surface area (TPSA) is 92.5 Å². The fourth-order valence-corrected chi connectivity index (χ4v) is 5.69. The average Bonchev–Trinajstić information content (AvgIpc) is 3.10. The summed E-state index contributed by atoms with van der Waals surface area (Å²) in [7, 11) is -3.83. The molecule has 0 spiro atoms. The molecule has 0 saturated carbocycles. The highest BCUT2D eigenvalue weighted by Crippen LogP contribution is 2.33. The van der Waals surface area contributed by atoms with Crippen molar-refractivity contribution in [3.8, 4) is 0 Å². The molecule has 29 heavy (non-hydrogen) atoms. The van der Waals surface area contributed by atoms with Crippen LogP contribution in [-0.4, -0.2) is 36.9 Å². The van der Waals surface area contributed by atoms with Gasteiger partial charge in [0, 0.05) is 30.5 Å². The summed E-state index contributed by atoms with van der Waals surface area (Å²) in [5, 5.41) is 6.80. The van der Waals surface area contributed by atoms with Crippen LogP contribution in [0, 0.1) is 5.92 Å². The monoisotopic (exact) mass is 459 g/mol. The second-order valence-electron chi connectivity index (χ2n) is 8.04. The van der Waals surface area contributed by atoms with Gasteiger partial charge in [-0.1, -0.05) is 55.2 Å². The third kappa shape index (κ3) is 4.77. The Balaban J connectivity index is 1.64. The van der Waals surface area contributed by atoms with Crippen LogP contribution in [0.5, 0.6) is 0 Å². The number of benzene rings is 1. The summed E-state index contributed by atoms with van der Waals surface area (Å²) in [4.78, 5) is 12.5. The molecule has 1 aromatic carbocycles. The normalized spacial score (nSPS) is 16.7. The predicted molar refractivity (Wildman–Crippen MR) is 112 cm³/mol. The number of carbonyl (C=O) groups excluding carboxylic acids is 1. The lowest BCUT2D eigenvalue weighted by Gasteiger charge is -2.30. The smallest absolute Gasteiger partial charge is 0.246 e. The lowest BCUT2D eigenvalue weighted by molar-refractivity contribution is -0.120. The maximum Gasteiger partial charge on any atom is 0.246 e. The molecule has 7 nitrogen and oxygen atoms in total. The van der Waals surface area contributed by atoms with E-state index < -0.39 is 10.0 Å². The molecular formula is C19H23Cl2N3O4S. The molecule has 1 aromatic heterocycles. The van der Waals surface area contributed by atoms with E-state index in [1.165, 1.54) is 16.4 Å².